The second kappa shape index (κ2) is 10.0. The van der Waals surface area contributed by atoms with Crippen LogP contribution in [0.1, 0.15) is 25.0 Å². The maximum atomic E-state index is 11.1. The molecule has 8 nitrogen and oxygen atoms in total. The molecule has 0 aromatic heterocycles. The Bertz CT molecular complexity index is 1070. The molecule has 0 aliphatic carbocycles. The van der Waals surface area contributed by atoms with E-state index in [1.807, 2.05) is 24.3 Å². The third-order valence-electron chi connectivity index (χ3n) is 4.35. The molecule has 3 rings (SSSR count). The third kappa shape index (κ3) is 6.27. The maximum Gasteiger partial charge on any atom is 0.221 e. The van der Waals surface area contributed by atoms with Gasteiger partial charge in [-0.3, -0.25) is 9.59 Å². The molecule has 0 saturated carbocycles. The van der Waals surface area contributed by atoms with Gasteiger partial charge in [0.2, 0.25) is 11.8 Å². The van der Waals surface area contributed by atoms with Gasteiger partial charge in [-0.05, 0) is 48.5 Å². The van der Waals surface area contributed by atoms with Crippen molar-refractivity contribution in [1.82, 2.24) is 0 Å². The second-order valence-corrected chi connectivity index (χ2v) is 7.03. The van der Waals surface area contributed by atoms with Crippen LogP contribution in [0.3, 0.4) is 0 Å². The lowest BCUT2D eigenvalue weighted by molar-refractivity contribution is -0.115. The molecule has 0 fully saturated rings. The maximum absolute atomic E-state index is 11.1. The molecule has 0 saturated heterocycles. The van der Waals surface area contributed by atoms with Gasteiger partial charge >= 0.3 is 0 Å². The van der Waals surface area contributed by atoms with Crippen LogP contribution < -0.4 is 22.1 Å². The Morgan fingerprint density at radius 1 is 0.594 bits per heavy atom. The quantitative estimate of drug-likeness (QED) is 0.352. The van der Waals surface area contributed by atoms with Gasteiger partial charge in [-0.15, -0.1) is 0 Å². The molecule has 0 spiro atoms. The number of amidine groups is 2. The van der Waals surface area contributed by atoms with Crippen LogP contribution in [0.2, 0.25) is 0 Å². The number of anilines is 2. The smallest absolute Gasteiger partial charge is 0.221 e. The number of nitrogens with two attached hydrogens (primary N) is 2. The normalized spacial score (nSPS) is 11.7. The fraction of sp³-hybridized carbons (Fsp3) is 0.0833. The number of aliphatic imine (C=N–C) groups is 2. The highest BCUT2D eigenvalue weighted by molar-refractivity contribution is 6.02. The summed E-state index contributed by atoms with van der Waals surface area (Å²) in [7, 11) is 0. The molecule has 8 heteroatoms. The summed E-state index contributed by atoms with van der Waals surface area (Å²) in [4.78, 5) is 31.0. The molecule has 0 aliphatic rings. The molecule has 6 N–H and O–H groups in total. The van der Waals surface area contributed by atoms with Crippen LogP contribution >= 0.6 is 0 Å². The zero-order valence-electron chi connectivity index (χ0n) is 17.8. The van der Waals surface area contributed by atoms with E-state index in [1.54, 1.807) is 48.5 Å². The number of rotatable bonds is 6. The first-order valence-corrected chi connectivity index (χ1v) is 9.84. The van der Waals surface area contributed by atoms with Crippen molar-refractivity contribution in [1.29, 1.82) is 0 Å². The van der Waals surface area contributed by atoms with E-state index in [-0.39, 0.29) is 11.8 Å². The lowest BCUT2D eigenvalue weighted by Crippen LogP contribution is -2.15. The predicted octanol–water partition coefficient (Wildman–Crippen LogP) is 3.68. The van der Waals surface area contributed by atoms with Gasteiger partial charge in [0.1, 0.15) is 11.7 Å². The number of nitrogens with zero attached hydrogens (tertiary/aromatic N) is 2. The Kier molecular flexibility index (Phi) is 6.97. The largest absolute Gasteiger partial charge is 0.383 e. The molecule has 0 radical (unpaired) electrons. The minimum absolute atomic E-state index is 0.134. The zero-order valence-corrected chi connectivity index (χ0v) is 17.8. The summed E-state index contributed by atoms with van der Waals surface area (Å²) in [5, 5.41) is 5.41. The molecule has 32 heavy (non-hydrogen) atoms. The lowest BCUT2D eigenvalue weighted by Gasteiger charge is -2.06. The lowest BCUT2D eigenvalue weighted by atomic mass is 10.1. The molecule has 0 unspecified atom stereocenters. The van der Waals surface area contributed by atoms with Crippen molar-refractivity contribution < 1.29 is 9.59 Å². The van der Waals surface area contributed by atoms with E-state index in [1.165, 1.54) is 13.8 Å². The number of hydrogen-bond donors (Lipinski definition) is 4. The predicted molar refractivity (Wildman–Crippen MR) is 129 cm³/mol. The van der Waals surface area contributed by atoms with E-state index in [0.717, 1.165) is 11.1 Å². The van der Waals surface area contributed by atoms with Crippen molar-refractivity contribution in [2.45, 2.75) is 13.8 Å². The molecule has 3 aromatic carbocycles. The van der Waals surface area contributed by atoms with Crippen molar-refractivity contribution in [3.8, 4) is 0 Å². The number of nitrogens with one attached hydrogen (secondary N) is 2. The first-order chi connectivity index (χ1) is 15.3. The van der Waals surface area contributed by atoms with Gasteiger partial charge in [0.05, 0.1) is 11.4 Å². The Labute approximate surface area is 186 Å². The van der Waals surface area contributed by atoms with E-state index in [4.69, 9.17) is 11.5 Å². The second-order valence-electron chi connectivity index (χ2n) is 7.03. The molecule has 0 aliphatic heterocycles. The van der Waals surface area contributed by atoms with E-state index >= 15 is 0 Å². The minimum atomic E-state index is -0.134. The van der Waals surface area contributed by atoms with Crippen molar-refractivity contribution in [3.05, 3.63) is 83.9 Å². The first-order valence-electron chi connectivity index (χ1n) is 9.84. The van der Waals surface area contributed by atoms with Gasteiger partial charge in [0.25, 0.3) is 0 Å². The molecular weight excluding hydrogens is 404 g/mol. The monoisotopic (exact) mass is 428 g/mol. The Balaban J connectivity index is 1.70. The van der Waals surface area contributed by atoms with Crippen molar-refractivity contribution in [2.75, 3.05) is 10.6 Å². The van der Waals surface area contributed by atoms with Gasteiger partial charge in [-0.2, -0.15) is 0 Å². The summed E-state index contributed by atoms with van der Waals surface area (Å²) in [6.07, 6.45) is 0. The van der Waals surface area contributed by atoms with E-state index in [0.29, 0.717) is 34.4 Å². The van der Waals surface area contributed by atoms with E-state index < -0.39 is 0 Å². The minimum Gasteiger partial charge on any atom is -0.383 e. The Morgan fingerprint density at radius 2 is 0.906 bits per heavy atom. The highest BCUT2D eigenvalue weighted by Gasteiger charge is 2.04. The summed E-state index contributed by atoms with van der Waals surface area (Å²) in [5.74, 6) is 0.442. The average Bonchev–Trinajstić information content (AvgIpc) is 2.76. The van der Waals surface area contributed by atoms with Gasteiger partial charge in [-0.1, -0.05) is 24.3 Å². The first kappa shape index (κ1) is 22.2. The van der Waals surface area contributed by atoms with E-state index in [9.17, 15) is 9.59 Å². The zero-order chi connectivity index (χ0) is 23.1. The van der Waals surface area contributed by atoms with Crippen LogP contribution in [0.15, 0.2) is 82.8 Å². The fourth-order valence-electron chi connectivity index (χ4n) is 2.86. The highest BCUT2D eigenvalue weighted by atomic mass is 16.2. The van der Waals surface area contributed by atoms with Crippen LogP contribution in [0.25, 0.3) is 0 Å². The standard InChI is InChI=1S/C24H24N6O2/c1-15(31)27-19-7-11-21(12-8-19)29-23(25)17-3-5-18(6-4-17)24(26)30-22-13-9-20(10-14-22)28-16(2)32/h3-14H,1-2H3,(H2,25,29)(H2,26,30)(H,27,31)(H,28,32). The molecule has 0 heterocycles. The number of carbonyl (C=O) groups excluding carboxylic acids is 2. The number of benzene rings is 3. The highest BCUT2D eigenvalue weighted by Crippen LogP contribution is 2.19. The molecule has 3 aromatic rings. The summed E-state index contributed by atoms with van der Waals surface area (Å²) in [6.45, 7) is 2.91. The number of hydrogen-bond acceptors (Lipinski definition) is 4. The Hall–Kier alpha value is -4.46. The Morgan fingerprint density at radius 3 is 1.19 bits per heavy atom. The molecule has 0 atom stereocenters. The summed E-state index contributed by atoms with van der Waals surface area (Å²) >= 11 is 0. The molecule has 2 amide bonds. The number of amides is 2. The summed E-state index contributed by atoms with van der Waals surface area (Å²) in [5.41, 5.74) is 16.5. The molecule has 162 valence electrons. The van der Waals surface area contributed by atoms with Crippen LogP contribution in [0, 0.1) is 0 Å². The third-order valence-corrected chi connectivity index (χ3v) is 4.35. The topological polar surface area (TPSA) is 135 Å². The summed E-state index contributed by atoms with van der Waals surface area (Å²) in [6, 6.07) is 21.4. The van der Waals surface area contributed by atoms with Crippen LogP contribution in [-0.4, -0.2) is 23.5 Å². The van der Waals surface area contributed by atoms with Crippen LogP contribution in [0.5, 0.6) is 0 Å². The molecule has 0 bridgehead atoms. The van der Waals surface area contributed by atoms with Gasteiger partial charge < -0.3 is 22.1 Å². The summed E-state index contributed by atoms with van der Waals surface area (Å²) < 4.78 is 0. The fourth-order valence-corrected chi connectivity index (χ4v) is 2.86. The van der Waals surface area contributed by atoms with Crippen molar-refractivity contribution in [2.24, 2.45) is 21.5 Å². The van der Waals surface area contributed by atoms with Crippen molar-refractivity contribution in [3.63, 3.8) is 0 Å². The van der Waals surface area contributed by atoms with Crippen LogP contribution in [0.4, 0.5) is 22.7 Å². The van der Waals surface area contributed by atoms with Gasteiger partial charge in [-0.25, -0.2) is 9.98 Å². The SMILES string of the molecule is CC(=O)Nc1ccc(N=C(N)c2ccc(C(N)=Nc3ccc(NC(C)=O)cc3)cc2)cc1. The van der Waals surface area contributed by atoms with Gasteiger partial charge in [0.15, 0.2) is 0 Å². The van der Waals surface area contributed by atoms with Gasteiger partial charge in [0, 0.05) is 36.3 Å². The number of carbonyl (C=O) groups is 2. The van der Waals surface area contributed by atoms with Crippen molar-refractivity contribution >= 4 is 46.2 Å². The van der Waals surface area contributed by atoms with Crippen LogP contribution in [-0.2, 0) is 9.59 Å². The average molecular weight is 428 g/mol. The van der Waals surface area contributed by atoms with E-state index in [2.05, 4.69) is 20.6 Å². The molecular formula is C24H24N6O2.